The van der Waals surface area contributed by atoms with Crippen LogP contribution < -0.4 is 5.32 Å². The van der Waals surface area contributed by atoms with Crippen LogP contribution >= 0.6 is 11.6 Å². The Hall–Kier alpha value is -2.59. The van der Waals surface area contributed by atoms with Gasteiger partial charge in [0, 0.05) is 18.0 Å². The Morgan fingerprint density at radius 1 is 1.26 bits per heavy atom. The van der Waals surface area contributed by atoms with Gasteiger partial charge >= 0.3 is 0 Å². The number of fused-ring (bicyclic) bond motifs is 1. The highest BCUT2D eigenvalue weighted by Gasteiger charge is 2.07. The molecular formula is C18H16ClN3O. The van der Waals surface area contributed by atoms with Gasteiger partial charge in [-0.05, 0) is 43.7 Å². The number of rotatable bonds is 3. The van der Waals surface area contributed by atoms with Crippen molar-refractivity contribution in [2.45, 2.75) is 13.8 Å². The van der Waals surface area contributed by atoms with Crippen molar-refractivity contribution in [1.29, 1.82) is 0 Å². The van der Waals surface area contributed by atoms with Crippen molar-refractivity contribution in [3.05, 3.63) is 70.6 Å². The Labute approximate surface area is 139 Å². The molecule has 2 aromatic heterocycles. The summed E-state index contributed by atoms with van der Waals surface area (Å²) >= 11 is 6.14. The van der Waals surface area contributed by atoms with Crippen LogP contribution in [0.2, 0.25) is 5.15 Å². The molecule has 0 aliphatic carbocycles. The minimum Gasteiger partial charge on any atom is -0.322 e. The summed E-state index contributed by atoms with van der Waals surface area (Å²) in [6, 6.07) is 11.5. The molecule has 0 saturated carbocycles. The van der Waals surface area contributed by atoms with Gasteiger partial charge in [-0.15, -0.1) is 0 Å². The maximum absolute atomic E-state index is 12.1. The Bertz CT molecular complexity index is 912. The molecule has 4 nitrogen and oxygen atoms in total. The molecule has 1 aromatic carbocycles. The lowest BCUT2D eigenvalue weighted by Gasteiger charge is -2.07. The van der Waals surface area contributed by atoms with E-state index in [1.807, 2.05) is 60.8 Å². The number of hydrogen-bond acceptors (Lipinski definition) is 2. The molecule has 0 saturated heterocycles. The van der Waals surface area contributed by atoms with E-state index in [2.05, 4.69) is 10.3 Å². The van der Waals surface area contributed by atoms with Gasteiger partial charge in [-0.2, -0.15) is 0 Å². The van der Waals surface area contributed by atoms with Crippen LogP contribution in [-0.2, 0) is 4.79 Å². The van der Waals surface area contributed by atoms with E-state index in [9.17, 15) is 4.79 Å². The summed E-state index contributed by atoms with van der Waals surface area (Å²) in [5.74, 6) is -0.209. The normalized spacial score (nSPS) is 11.3. The first-order chi connectivity index (χ1) is 11.0. The lowest BCUT2D eigenvalue weighted by atomic mass is 10.1. The number of aromatic nitrogens is 2. The summed E-state index contributed by atoms with van der Waals surface area (Å²) < 4.78 is 1.84. The standard InChI is InChI=1S/C18H16ClN3O/c1-12-6-7-14(13(2)11-12)20-17(23)9-8-15-18(19)21-16-5-3-4-10-22(15)16/h3-11H,1-2H3,(H,20,23)/b9-8+. The minimum absolute atomic E-state index is 0.209. The van der Waals surface area contributed by atoms with Crippen molar-refractivity contribution in [3.63, 3.8) is 0 Å². The van der Waals surface area contributed by atoms with Gasteiger partial charge in [0.2, 0.25) is 5.91 Å². The maximum atomic E-state index is 12.1. The molecule has 0 atom stereocenters. The smallest absolute Gasteiger partial charge is 0.248 e. The number of nitrogens with one attached hydrogen (secondary N) is 1. The summed E-state index contributed by atoms with van der Waals surface area (Å²) in [5, 5.41) is 3.24. The molecule has 0 aliphatic rings. The van der Waals surface area contributed by atoms with E-state index < -0.39 is 0 Å². The molecule has 0 aliphatic heterocycles. The predicted octanol–water partition coefficient (Wildman–Crippen LogP) is 4.26. The molecule has 0 spiro atoms. The van der Waals surface area contributed by atoms with E-state index in [0.29, 0.717) is 10.8 Å². The van der Waals surface area contributed by atoms with Crippen LogP contribution in [-0.4, -0.2) is 15.3 Å². The van der Waals surface area contributed by atoms with Gasteiger partial charge in [-0.1, -0.05) is 35.4 Å². The summed E-state index contributed by atoms with van der Waals surface area (Å²) in [4.78, 5) is 16.4. The Kier molecular flexibility index (Phi) is 4.17. The summed E-state index contributed by atoms with van der Waals surface area (Å²) in [5.41, 5.74) is 4.41. The summed E-state index contributed by atoms with van der Waals surface area (Å²) in [6.45, 7) is 3.99. The molecule has 3 rings (SSSR count). The third-order valence-electron chi connectivity index (χ3n) is 3.55. The minimum atomic E-state index is -0.209. The number of carbonyl (C=O) groups excluding carboxylic acids is 1. The van der Waals surface area contributed by atoms with Gasteiger partial charge in [0.05, 0.1) is 5.69 Å². The van der Waals surface area contributed by atoms with Gasteiger partial charge < -0.3 is 5.32 Å². The van der Waals surface area contributed by atoms with Gasteiger partial charge in [-0.3, -0.25) is 9.20 Å². The number of carbonyl (C=O) groups is 1. The van der Waals surface area contributed by atoms with Crippen LogP contribution in [0.25, 0.3) is 11.7 Å². The average Bonchev–Trinajstić information content (AvgIpc) is 2.83. The molecule has 116 valence electrons. The number of anilines is 1. The van der Waals surface area contributed by atoms with E-state index in [-0.39, 0.29) is 5.91 Å². The van der Waals surface area contributed by atoms with E-state index in [1.165, 1.54) is 6.08 Å². The molecule has 2 heterocycles. The zero-order chi connectivity index (χ0) is 16.4. The van der Waals surface area contributed by atoms with E-state index >= 15 is 0 Å². The number of amides is 1. The summed E-state index contributed by atoms with van der Waals surface area (Å²) in [6.07, 6.45) is 4.98. The van der Waals surface area contributed by atoms with Crippen molar-refractivity contribution in [1.82, 2.24) is 9.38 Å². The number of nitrogens with zero attached hydrogens (tertiary/aromatic N) is 2. The fourth-order valence-electron chi connectivity index (χ4n) is 2.42. The van der Waals surface area contributed by atoms with Crippen molar-refractivity contribution >= 4 is 34.9 Å². The first-order valence-corrected chi connectivity index (χ1v) is 7.61. The third kappa shape index (κ3) is 3.27. The van der Waals surface area contributed by atoms with Gasteiger partial charge in [-0.25, -0.2) is 4.98 Å². The van der Waals surface area contributed by atoms with Gasteiger partial charge in [0.25, 0.3) is 0 Å². The quantitative estimate of drug-likeness (QED) is 0.731. The number of halogens is 1. The number of imidazole rings is 1. The molecule has 1 N–H and O–H groups in total. The average molecular weight is 326 g/mol. The van der Waals surface area contributed by atoms with E-state index in [4.69, 9.17) is 11.6 Å². The number of pyridine rings is 1. The highest BCUT2D eigenvalue weighted by atomic mass is 35.5. The van der Waals surface area contributed by atoms with Crippen LogP contribution in [0.1, 0.15) is 16.8 Å². The second-order valence-corrected chi connectivity index (χ2v) is 5.72. The van der Waals surface area contributed by atoms with Crippen LogP contribution in [0, 0.1) is 13.8 Å². The van der Waals surface area contributed by atoms with Gasteiger partial charge in [0.1, 0.15) is 5.65 Å². The first kappa shape index (κ1) is 15.3. The Balaban J connectivity index is 1.81. The number of aryl methyl sites for hydroxylation is 2. The second kappa shape index (κ2) is 6.26. The lowest BCUT2D eigenvalue weighted by Crippen LogP contribution is -2.09. The van der Waals surface area contributed by atoms with Crippen LogP contribution in [0.4, 0.5) is 5.69 Å². The molecule has 1 amide bonds. The van der Waals surface area contributed by atoms with Crippen molar-refractivity contribution in [2.75, 3.05) is 5.32 Å². The van der Waals surface area contributed by atoms with Crippen molar-refractivity contribution in [3.8, 4) is 0 Å². The Morgan fingerprint density at radius 2 is 2.09 bits per heavy atom. The van der Waals surface area contributed by atoms with Crippen LogP contribution in [0.5, 0.6) is 0 Å². The molecule has 0 radical (unpaired) electrons. The molecule has 0 fully saturated rings. The van der Waals surface area contributed by atoms with Gasteiger partial charge in [0.15, 0.2) is 5.15 Å². The summed E-state index contributed by atoms with van der Waals surface area (Å²) in [7, 11) is 0. The lowest BCUT2D eigenvalue weighted by molar-refractivity contribution is -0.111. The largest absolute Gasteiger partial charge is 0.322 e. The number of hydrogen-bond donors (Lipinski definition) is 1. The molecule has 3 aromatic rings. The van der Waals surface area contributed by atoms with Crippen molar-refractivity contribution < 1.29 is 4.79 Å². The topological polar surface area (TPSA) is 46.4 Å². The number of benzene rings is 1. The fraction of sp³-hybridized carbons (Fsp3) is 0.111. The first-order valence-electron chi connectivity index (χ1n) is 7.23. The molecule has 0 unspecified atom stereocenters. The molecule has 23 heavy (non-hydrogen) atoms. The second-order valence-electron chi connectivity index (χ2n) is 5.36. The highest BCUT2D eigenvalue weighted by Crippen LogP contribution is 2.19. The molecule has 5 heteroatoms. The fourth-order valence-corrected chi connectivity index (χ4v) is 2.66. The Morgan fingerprint density at radius 3 is 2.87 bits per heavy atom. The zero-order valence-electron chi connectivity index (χ0n) is 12.9. The highest BCUT2D eigenvalue weighted by molar-refractivity contribution is 6.31. The monoisotopic (exact) mass is 325 g/mol. The van der Waals surface area contributed by atoms with E-state index in [1.54, 1.807) is 6.08 Å². The molecular weight excluding hydrogens is 310 g/mol. The molecule has 0 bridgehead atoms. The van der Waals surface area contributed by atoms with Crippen LogP contribution in [0.3, 0.4) is 0 Å². The SMILES string of the molecule is Cc1ccc(NC(=O)/C=C/c2c(Cl)nc3ccccn23)c(C)c1. The third-order valence-corrected chi connectivity index (χ3v) is 3.83. The van der Waals surface area contributed by atoms with Crippen molar-refractivity contribution in [2.24, 2.45) is 0 Å². The predicted molar refractivity (Wildman–Crippen MR) is 93.8 cm³/mol. The zero-order valence-corrected chi connectivity index (χ0v) is 13.6. The van der Waals surface area contributed by atoms with E-state index in [0.717, 1.165) is 22.5 Å². The maximum Gasteiger partial charge on any atom is 0.248 e. The van der Waals surface area contributed by atoms with Crippen LogP contribution in [0.15, 0.2) is 48.7 Å².